The average molecular weight is 388 g/mol. The monoisotopic (exact) mass is 388 g/mol. The number of benzene rings is 1. The molecule has 0 radical (unpaired) electrons. The van der Waals surface area contributed by atoms with Gasteiger partial charge in [0.2, 0.25) is 0 Å². The summed E-state index contributed by atoms with van der Waals surface area (Å²) in [7, 11) is 0. The lowest BCUT2D eigenvalue weighted by Crippen LogP contribution is -2.47. The zero-order valence-electron chi connectivity index (χ0n) is 16.5. The van der Waals surface area contributed by atoms with Crippen LogP contribution in [0.3, 0.4) is 0 Å². The minimum absolute atomic E-state index is 0.215. The van der Waals surface area contributed by atoms with Crippen molar-refractivity contribution in [3.63, 3.8) is 0 Å². The Bertz CT molecular complexity index is 953. The molecule has 29 heavy (non-hydrogen) atoms. The smallest absolute Gasteiger partial charge is 0.271 e. The Morgan fingerprint density at radius 1 is 0.897 bits per heavy atom. The van der Waals surface area contributed by atoms with E-state index < -0.39 is 0 Å². The number of pyridine rings is 1. The van der Waals surface area contributed by atoms with Crippen LogP contribution in [0.2, 0.25) is 0 Å². The molecule has 1 aromatic carbocycles. The number of carbonyl (C=O) groups is 1. The summed E-state index contributed by atoms with van der Waals surface area (Å²) in [5, 5.41) is 2.91. The molecule has 1 aliphatic rings. The zero-order valence-corrected chi connectivity index (χ0v) is 16.5. The van der Waals surface area contributed by atoms with E-state index in [2.05, 4.69) is 30.1 Å². The van der Waals surface area contributed by atoms with Crippen LogP contribution in [0.4, 0.5) is 11.6 Å². The molecule has 0 saturated carbocycles. The molecule has 4 rings (SSSR count). The highest BCUT2D eigenvalue weighted by Crippen LogP contribution is 2.16. The van der Waals surface area contributed by atoms with Crippen LogP contribution in [0.1, 0.15) is 21.6 Å². The minimum atomic E-state index is -0.215. The molecular formula is C22H24N6O. The zero-order chi connectivity index (χ0) is 20.1. The maximum absolute atomic E-state index is 12.4. The van der Waals surface area contributed by atoms with E-state index in [-0.39, 0.29) is 5.91 Å². The topological polar surface area (TPSA) is 74.2 Å². The van der Waals surface area contributed by atoms with Gasteiger partial charge in [0.1, 0.15) is 17.3 Å². The molecule has 7 nitrogen and oxygen atoms in total. The fourth-order valence-electron chi connectivity index (χ4n) is 3.38. The van der Waals surface area contributed by atoms with Crippen molar-refractivity contribution in [3.8, 4) is 0 Å². The van der Waals surface area contributed by atoms with Crippen LogP contribution in [0, 0.1) is 6.92 Å². The first-order valence-corrected chi connectivity index (χ1v) is 9.76. The summed E-state index contributed by atoms with van der Waals surface area (Å²) in [6.07, 6.45) is 5.04. The molecule has 1 fully saturated rings. The van der Waals surface area contributed by atoms with Crippen molar-refractivity contribution < 1.29 is 4.79 Å². The van der Waals surface area contributed by atoms with Gasteiger partial charge < -0.3 is 15.1 Å². The van der Waals surface area contributed by atoms with Gasteiger partial charge in [0.25, 0.3) is 5.91 Å². The van der Waals surface area contributed by atoms with Gasteiger partial charge in [0.15, 0.2) is 0 Å². The van der Waals surface area contributed by atoms with Gasteiger partial charge in [0.05, 0.1) is 12.4 Å². The van der Waals surface area contributed by atoms with Crippen molar-refractivity contribution in [2.24, 2.45) is 0 Å². The molecule has 0 spiro atoms. The highest BCUT2D eigenvalue weighted by atomic mass is 16.1. The molecule has 0 aliphatic carbocycles. The highest BCUT2D eigenvalue weighted by Gasteiger charge is 2.19. The van der Waals surface area contributed by atoms with Gasteiger partial charge >= 0.3 is 0 Å². The largest absolute Gasteiger partial charge is 0.353 e. The third-order valence-electron chi connectivity index (χ3n) is 5.15. The first kappa shape index (κ1) is 18.9. The number of aromatic nitrogens is 3. The van der Waals surface area contributed by atoms with Crippen molar-refractivity contribution in [2.75, 3.05) is 36.0 Å². The molecule has 1 N–H and O–H groups in total. The number of aryl methyl sites for hydroxylation is 1. The Hall–Kier alpha value is -3.48. The van der Waals surface area contributed by atoms with Gasteiger partial charge in [-0.05, 0) is 30.2 Å². The van der Waals surface area contributed by atoms with E-state index in [1.807, 2.05) is 55.6 Å². The quantitative estimate of drug-likeness (QED) is 0.724. The Labute approximate surface area is 170 Å². The molecule has 0 atom stereocenters. The molecular weight excluding hydrogens is 364 g/mol. The van der Waals surface area contributed by atoms with Gasteiger partial charge in [-0.15, -0.1) is 0 Å². The number of hydrogen-bond acceptors (Lipinski definition) is 6. The number of piperazine rings is 1. The SMILES string of the molecule is Cc1ccccc1CNC(=O)c1cnc(N2CCN(c3ccccn3)CC2)cn1. The van der Waals surface area contributed by atoms with Crippen LogP contribution >= 0.6 is 0 Å². The number of rotatable bonds is 5. The van der Waals surface area contributed by atoms with Crippen LogP contribution in [-0.4, -0.2) is 47.0 Å². The first-order valence-electron chi connectivity index (χ1n) is 9.76. The lowest BCUT2D eigenvalue weighted by atomic mass is 10.1. The number of nitrogens with one attached hydrogen (secondary N) is 1. The summed E-state index contributed by atoms with van der Waals surface area (Å²) in [5.74, 6) is 1.58. The molecule has 148 valence electrons. The maximum Gasteiger partial charge on any atom is 0.271 e. The van der Waals surface area contributed by atoms with E-state index >= 15 is 0 Å². The molecule has 0 unspecified atom stereocenters. The molecule has 1 amide bonds. The Balaban J connectivity index is 1.32. The maximum atomic E-state index is 12.4. The third kappa shape index (κ3) is 4.51. The second kappa shape index (κ2) is 8.68. The second-order valence-corrected chi connectivity index (χ2v) is 7.03. The molecule has 3 aromatic rings. The number of nitrogens with zero attached hydrogens (tertiary/aromatic N) is 5. The van der Waals surface area contributed by atoms with E-state index in [1.165, 1.54) is 0 Å². The lowest BCUT2D eigenvalue weighted by Gasteiger charge is -2.35. The van der Waals surface area contributed by atoms with Crippen molar-refractivity contribution in [2.45, 2.75) is 13.5 Å². The average Bonchev–Trinajstić information content (AvgIpc) is 2.79. The molecule has 7 heteroatoms. The van der Waals surface area contributed by atoms with Gasteiger partial charge in [-0.1, -0.05) is 30.3 Å². The fourth-order valence-corrected chi connectivity index (χ4v) is 3.38. The molecule has 1 aliphatic heterocycles. The summed E-state index contributed by atoms with van der Waals surface area (Å²) < 4.78 is 0. The van der Waals surface area contributed by atoms with E-state index in [0.717, 1.165) is 48.9 Å². The van der Waals surface area contributed by atoms with Gasteiger partial charge in [-0.2, -0.15) is 0 Å². The summed E-state index contributed by atoms with van der Waals surface area (Å²) >= 11 is 0. The van der Waals surface area contributed by atoms with Crippen LogP contribution in [0.5, 0.6) is 0 Å². The first-order chi connectivity index (χ1) is 14.2. The van der Waals surface area contributed by atoms with Crippen LogP contribution < -0.4 is 15.1 Å². The molecule has 1 saturated heterocycles. The van der Waals surface area contributed by atoms with Crippen LogP contribution in [-0.2, 0) is 6.54 Å². The lowest BCUT2D eigenvalue weighted by molar-refractivity contribution is 0.0945. The van der Waals surface area contributed by atoms with Crippen molar-refractivity contribution >= 4 is 17.5 Å². The summed E-state index contributed by atoms with van der Waals surface area (Å²) in [4.78, 5) is 30.0. The Morgan fingerprint density at radius 3 is 2.28 bits per heavy atom. The van der Waals surface area contributed by atoms with E-state index in [1.54, 1.807) is 12.4 Å². The summed E-state index contributed by atoms with van der Waals surface area (Å²) in [5.41, 5.74) is 2.57. The van der Waals surface area contributed by atoms with Crippen molar-refractivity contribution in [1.29, 1.82) is 0 Å². The molecule has 3 heterocycles. The van der Waals surface area contributed by atoms with E-state index in [4.69, 9.17) is 0 Å². The standard InChI is InChI=1S/C22H24N6O/c1-17-6-2-3-7-18(17)14-26-22(29)19-15-25-21(16-24-19)28-12-10-27(11-13-28)20-8-4-5-9-23-20/h2-9,15-16H,10-14H2,1H3,(H,26,29). The molecule has 2 aromatic heterocycles. The number of anilines is 2. The summed E-state index contributed by atoms with van der Waals surface area (Å²) in [6.45, 7) is 5.93. The highest BCUT2D eigenvalue weighted by molar-refractivity contribution is 5.92. The normalized spacial score (nSPS) is 14.0. The van der Waals surface area contributed by atoms with Gasteiger partial charge in [0, 0.05) is 38.9 Å². The number of amides is 1. The van der Waals surface area contributed by atoms with Gasteiger partial charge in [-0.3, -0.25) is 4.79 Å². The van der Waals surface area contributed by atoms with E-state index in [0.29, 0.717) is 12.2 Å². The predicted molar refractivity (Wildman–Crippen MR) is 113 cm³/mol. The third-order valence-corrected chi connectivity index (χ3v) is 5.15. The number of carbonyl (C=O) groups excluding carboxylic acids is 1. The summed E-state index contributed by atoms with van der Waals surface area (Å²) in [6, 6.07) is 14.0. The fraction of sp³-hybridized carbons (Fsp3) is 0.273. The predicted octanol–water partition coefficient (Wildman–Crippen LogP) is 2.44. The van der Waals surface area contributed by atoms with Crippen LogP contribution in [0.25, 0.3) is 0 Å². The second-order valence-electron chi connectivity index (χ2n) is 7.03. The Morgan fingerprint density at radius 2 is 1.62 bits per heavy atom. The Kier molecular flexibility index (Phi) is 5.65. The van der Waals surface area contributed by atoms with Gasteiger partial charge in [-0.25, -0.2) is 15.0 Å². The van der Waals surface area contributed by atoms with Crippen molar-refractivity contribution in [1.82, 2.24) is 20.3 Å². The van der Waals surface area contributed by atoms with Crippen LogP contribution in [0.15, 0.2) is 61.1 Å². The van der Waals surface area contributed by atoms with E-state index in [9.17, 15) is 4.79 Å². The van der Waals surface area contributed by atoms with Crippen molar-refractivity contribution in [3.05, 3.63) is 77.9 Å². The molecule has 0 bridgehead atoms. The minimum Gasteiger partial charge on any atom is -0.353 e. The number of hydrogen-bond donors (Lipinski definition) is 1.